The third-order valence-corrected chi connectivity index (χ3v) is 2.29. The van der Waals surface area contributed by atoms with Crippen molar-refractivity contribution in [2.75, 3.05) is 13.1 Å². The summed E-state index contributed by atoms with van der Waals surface area (Å²) in [6.45, 7) is 0.469. The van der Waals surface area contributed by atoms with E-state index in [0.717, 1.165) is 0 Å². The van der Waals surface area contributed by atoms with Gasteiger partial charge in [-0.15, -0.1) is 0 Å². The van der Waals surface area contributed by atoms with Crippen LogP contribution in [0.4, 0.5) is 0 Å². The smallest absolute Gasteiger partial charge is 0.326 e. The molecule has 0 aromatic rings. The maximum absolute atomic E-state index is 11.4. The minimum atomic E-state index is -1.60. The van der Waals surface area contributed by atoms with E-state index in [9.17, 15) is 24.0 Å². The van der Waals surface area contributed by atoms with Crippen LogP contribution in [0.25, 0.3) is 0 Å². The lowest BCUT2D eigenvalue weighted by Crippen LogP contribution is -2.48. The van der Waals surface area contributed by atoms with Crippen LogP contribution in [0.15, 0.2) is 0 Å². The van der Waals surface area contributed by atoms with Crippen molar-refractivity contribution in [2.45, 2.75) is 25.4 Å². The second-order valence-corrected chi connectivity index (χ2v) is 4.34. The Bertz CT molecular complexity index is 463. The lowest BCUT2D eigenvalue weighted by atomic mass is 10.2. The molecule has 0 aliphatic carbocycles. The Balaban J connectivity index is 4.16. The Hall–Kier alpha value is -2.69. The second-order valence-electron chi connectivity index (χ2n) is 4.34. The molecular formula is C11H18N4O7. The fraction of sp³-hybridized carbons (Fsp3) is 0.545. The highest BCUT2D eigenvalue weighted by atomic mass is 16.4. The highest BCUT2D eigenvalue weighted by Gasteiger charge is 2.23. The van der Waals surface area contributed by atoms with Crippen molar-refractivity contribution in [1.29, 1.82) is 0 Å². The van der Waals surface area contributed by atoms with Crippen LogP contribution in [-0.4, -0.2) is 65.0 Å². The van der Waals surface area contributed by atoms with Gasteiger partial charge in [-0.05, 0) is 6.92 Å². The van der Waals surface area contributed by atoms with Crippen molar-refractivity contribution >= 4 is 29.7 Å². The van der Waals surface area contributed by atoms with E-state index in [1.165, 1.54) is 6.92 Å². The number of carboxylic acids is 2. The Morgan fingerprint density at radius 2 is 1.55 bits per heavy atom. The molecule has 2 unspecified atom stereocenters. The lowest BCUT2D eigenvalue weighted by molar-refractivity contribution is -0.147. The molecule has 0 rings (SSSR count). The summed E-state index contributed by atoms with van der Waals surface area (Å²) in [5.74, 6) is -5.01. The van der Waals surface area contributed by atoms with Gasteiger partial charge in [0.25, 0.3) is 0 Å². The first-order valence-corrected chi connectivity index (χ1v) is 6.17. The minimum absolute atomic E-state index is 0.398. The molecule has 0 spiro atoms. The summed E-state index contributed by atoms with van der Waals surface area (Å²) in [6, 6.07) is -2.39. The van der Waals surface area contributed by atoms with E-state index in [0.29, 0.717) is 0 Å². The Morgan fingerprint density at radius 1 is 1.00 bits per heavy atom. The number of rotatable bonds is 9. The van der Waals surface area contributed by atoms with Gasteiger partial charge in [0.05, 0.1) is 25.6 Å². The van der Waals surface area contributed by atoms with E-state index in [1.54, 1.807) is 0 Å². The topological polar surface area (TPSA) is 188 Å². The molecule has 11 nitrogen and oxygen atoms in total. The molecule has 0 aliphatic heterocycles. The van der Waals surface area contributed by atoms with Crippen LogP contribution >= 0.6 is 0 Å². The second kappa shape index (κ2) is 9.28. The van der Waals surface area contributed by atoms with Crippen molar-refractivity contribution in [3.8, 4) is 0 Å². The molecule has 22 heavy (non-hydrogen) atoms. The molecular weight excluding hydrogens is 300 g/mol. The molecule has 0 bridgehead atoms. The minimum Gasteiger partial charge on any atom is -0.481 e. The van der Waals surface area contributed by atoms with Crippen molar-refractivity contribution in [3.05, 3.63) is 0 Å². The van der Waals surface area contributed by atoms with Gasteiger partial charge in [0.2, 0.25) is 17.7 Å². The van der Waals surface area contributed by atoms with Crippen LogP contribution in [-0.2, 0) is 24.0 Å². The SMILES string of the molecule is CC(N)C(=O)NCC(=O)NCC(=O)NC(CC(=O)O)C(=O)O. The Kier molecular flexibility index (Phi) is 8.15. The molecule has 0 saturated heterocycles. The lowest BCUT2D eigenvalue weighted by Gasteiger charge is -2.13. The van der Waals surface area contributed by atoms with Gasteiger partial charge in [0, 0.05) is 0 Å². The number of hydrogen-bond donors (Lipinski definition) is 6. The molecule has 0 aliphatic rings. The zero-order valence-corrected chi connectivity index (χ0v) is 11.8. The number of hydrogen-bond acceptors (Lipinski definition) is 6. The van der Waals surface area contributed by atoms with Gasteiger partial charge < -0.3 is 31.9 Å². The highest BCUT2D eigenvalue weighted by Crippen LogP contribution is 1.92. The number of carboxylic acid groups (broad SMARTS) is 2. The third-order valence-electron chi connectivity index (χ3n) is 2.29. The summed E-state index contributed by atoms with van der Waals surface area (Å²) >= 11 is 0. The van der Waals surface area contributed by atoms with Crippen molar-refractivity contribution in [3.63, 3.8) is 0 Å². The van der Waals surface area contributed by atoms with Gasteiger partial charge in [0.15, 0.2) is 0 Å². The molecule has 3 amide bonds. The van der Waals surface area contributed by atoms with Crippen molar-refractivity contribution < 1.29 is 34.2 Å². The third kappa shape index (κ3) is 8.47. The molecule has 11 heteroatoms. The summed E-state index contributed by atoms with van der Waals surface area (Å²) in [5.41, 5.74) is 5.26. The zero-order valence-electron chi connectivity index (χ0n) is 11.8. The number of aliphatic carboxylic acids is 2. The summed E-state index contributed by atoms with van der Waals surface area (Å²) < 4.78 is 0. The van der Waals surface area contributed by atoms with Crippen LogP contribution in [0, 0.1) is 0 Å². The van der Waals surface area contributed by atoms with E-state index in [4.69, 9.17) is 15.9 Å². The molecule has 0 fully saturated rings. The van der Waals surface area contributed by atoms with Crippen LogP contribution in [0.2, 0.25) is 0 Å². The zero-order chi connectivity index (χ0) is 17.3. The summed E-state index contributed by atoms with van der Waals surface area (Å²) in [6.07, 6.45) is -0.792. The van der Waals surface area contributed by atoms with Gasteiger partial charge in [-0.3, -0.25) is 19.2 Å². The Morgan fingerprint density at radius 3 is 2.00 bits per heavy atom. The predicted molar refractivity (Wildman–Crippen MR) is 71.5 cm³/mol. The van der Waals surface area contributed by atoms with E-state index in [2.05, 4.69) is 10.6 Å². The van der Waals surface area contributed by atoms with Gasteiger partial charge in [0.1, 0.15) is 6.04 Å². The number of nitrogens with two attached hydrogens (primary N) is 1. The molecule has 0 aromatic heterocycles. The molecule has 0 aromatic carbocycles. The van der Waals surface area contributed by atoms with Crippen LogP contribution in [0.1, 0.15) is 13.3 Å². The molecule has 0 radical (unpaired) electrons. The first-order chi connectivity index (χ1) is 10.1. The number of carbonyl (C=O) groups is 5. The van der Waals surface area contributed by atoms with Crippen molar-refractivity contribution in [1.82, 2.24) is 16.0 Å². The van der Waals surface area contributed by atoms with Gasteiger partial charge in [-0.2, -0.15) is 0 Å². The Labute approximate surface area is 125 Å². The predicted octanol–water partition coefficient (Wildman–Crippen LogP) is -3.39. The quantitative estimate of drug-likeness (QED) is 0.254. The van der Waals surface area contributed by atoms with Gasteiger partial charge in [-0.1, -0.05) is 0 Å². The van der Waals surface area contributed by atoms with E-state index in [1.807, 2.05) is 5.32 Å². The van der Waals surface area contributed by atoms with Crippen LogP contribution in [0.5, 0.6) is 0 Å². The van der Waals surface area contributed by atoms with Crippen LogP contribution in [0.3, 0.4) is 0 Å². The van der Waals surface area contributed by atoms with Gasteiger partial charge in [-0.25, -0.2) is 4.79 Å². The summed E-state index contributed by atoms with van der Waals surface area (Å²) in [5, 5.41) is 23.5. The normalized spacial score (nSPS) is 12.6. The maximum Gasteiger partial charge on any atom is 0.326 e. The fourth-order valence-electron chi connectivity index (χ4n) is 1.19. The van der Waals surface area contributed by atoms with Crippen LogP contribution < -0.4 is 21.7 Å². The van der Waals surface area contributed by atoms with Crippen molar-refractivity contribution in [2.24, 2.45) is 5.73 Å². The van der Waals surface area contributed by atoms with Gasteiger partial charge >= 0.3 is 11.9 Å². The summed E-state index contributed by atoms with van der Waals surface area (Å²) in [4.78, 5) is 55.0. The first kappa shape index (κ1) is 19.3. The molecule has 7 N–H and O–H groups in total. The van der Waals surface area contributed by atoms with E-state index >= 15 is 0 Å². The van der Waals surface area contributed by atoms with E-state index < -0.39 is 61.3 Å². The number of amides is 3. The summed E-state index contributed by atoms with van der Waals surface area (Å²) in [7, 11) is 0. The molecule has 0 saturated carbocycles. The first-order valence-electron chi connectivity index (χ1n) is 6.17. The standard InChI is InChI=1S/C11H18N4O7/c1-5(12)10(20)14-3-7(16)13-4-8(17)15-6(11(21)22)2-9(18)19/h5-6H,2-4,12H2,1H3,(H,13,16)(H,14,20)(H,15,17)(H,18,19)(H,21,22). The monoisotopic (exact) mass is 318 g/mol. The fourth-order valence-corrected chi connectivity index (χ4v) is 1.19. The largest absolute Gasteiger partial charge is 0.481 e. The molecule has 0 heterocycles. The average Bonchev–Trinajstić information content (AvgIpc) is 2.40. The number of nitrogens with one attached hydrogen (secondary N) is 3. The highest BCUT2D eigenvalue weighted by molar-refractivity contribution is 5.91. The number of carbonyl (C=O) groups excluding carboxylic acids is 3. The molecule has 124 valence electrons. The van der Waals surface area contributed by atoms with E-state index in [-0.39, 0.29) is 0 Å². The average molecular weight is 318 g/mol. The maximum atomic E-state index is 11.4. The molecule has 2 atom stereocenters.